The molecule has 20 heavy (non-hydrogen) atoms. The van der Waals surface area contributed by atoms with Gasteiger partial charge in [-0.1, -0.05) is 6.07 Å². The van der Waals surface area contributed by atoms with Crippen LogP contribution in [0.25, 0.3) is 0 Å². The van der Waals surface area contributed by atoms with Crippen molar-refractivity contribution < 1.29 is 23.7 Å². The number of hydrogen-bond donors (Lipinski definition) is 0. The molecule has 0 amide bonds. The molecular formula is C14H15NO5. The molecular weight excluding hydrogens is 262 g/mol. The molecule has 0 saturated carbocycles. The summed E-state index contributed by atoms with van der Waals surface area (Å²) in [6.07, 6.45) is 0.813. The van der Waals surface area contributed by atoms with Crippen molar-refractivity contribution in [3.8, 4) is 11.5 Å². The maximum absolute atomic E-state index is 11.8. The predicted molar refractivity (Wildman–Crippen MR) is 70.2 cm³/mol. The molecule has 0 spiro atoms. The summed E-state index contributed by atoms with van der Waals surface area (Å²) in [6.45, 7) is 3.13. The van der Waals surface area contributed by atoms with Crippen LogP contribution in [0.3, 0.4) is 0 Å². The van der Waals surface area contributed by atoms with Gasteiger partial charge in [0.25, 0.3) is 0 Å². The number of esters is 1. The number of benzene rings is 1. The van der Waals surface area contributed by atoms with Crippen LogP contribution in [0.4, 0.5) is 0 Å². The molecule has 0 radical (unpaired) electrons. The van der Waals surface area contributed by atoms with Crippen LogP contribution in [0.2, 0.25) is 0 Å². The van der Waals surface area contributed by atoms with Crippen LogP contribution in [0.1, 0.15) is 18.6 Å². The van der Waals surface area contributed by atoms with Crippen molar-refractivity contribution in [2.45, 2.75) is 19.1 Å². The Morgan fingerprint density at radius 2 is 2.15 bits per heavy atom. The Kier molecular flexibility index (Phi) is 3.45. The van der Waals surface area contributed by atoms with Crippen molar-refractivity contribution in [3.63, 3.8) is 0 Å². The van der Waals surface area contributed by atoms with E-state index in [1.165, 1.54) is 6.40 Å². The molecule has 3 rings (SSSR count). The minimum absolute atomic E-state index is 0.318. The van der Waals surface area contributed by atoms with E-state index in [4.69, 9.17) is 18.9 Å². The molecule has 2 aliphatic heterocycles. The topological polar surface area (TPSA) is 66.4 Å². The van der Waals surface area contributed by atoms with Gasteiger partial charge in [0.15, 0.2) is 30.0 Å². The van der Waals surface area contributed by atoms with Crippen molar-refractivity contribution in [1.29, 1.82) is 0 Å². The Morgan fingerprint density at radius 3 is 2.95 bits per heavy atom. The largest absolute Gasteiger partial charge is 0.486 e. The zero-order valence-corrected chi connectivity index (χ0v) is 11.1. The van der Waals surface area contributed by atoms with E-state index in [1.54, 1.807) is 6.92 Å². The first-order chi connectivity index (χ1) is 9.79. The van der Waals surface area contributed by atoms with E-state index in [1.807, 2.05) is 18.2 Å². The number of aliphatic imine (C=N–C) groups is 1. The van der Waals surface area contributed by atoms with Gasteiger partial charge in [-0.25, -0.2) is 9.79 Å². The molecule has 2 atom stereocenters. The standard InChI is InChI=1S/C14H15NO5/c1-2-17-14(16)12-13(20-8-15-12)9-3-4-10-11(7-9)19-6-5-18-10/h3-4,7-8,12-13H,2,5-6H2,1H3. The number of ether oxygens (including phenoxy) is 4. The van der Waals surface area contributed by atoms with E-state index in [-0.39, 0.29) is 5.97 Å². The highest BCUT2D eigenvalue weighted by Gasteiger charge is 2.35. The molecule has 0 N–H and O–H groups in total. The Morgan fingerprint density at radius 1 is 1.35 bits per heavy atom. The Labute approximate surface area is 116 Å². The van der Waals surface area contributed by atoms with Gasteiger partial charge in [0.2, 0.25) is 0 Å². The first kappa shape index (κ1) is 12.8. The van der Waals surface area contributed by atoms with Gasteiger partial charge in [-0.05, 0) is 24.6 Å². The molecule has 106 valence electrons. The van der Waals surface area contributed by atoms with Gasteiger partial charge >= 0.3 is 5.97 Å². The fourth-order valence-corrected chi connectivity index (χ4v) is 2.23. The second-order valence-electron chi connectivity index (χ2n) is 4.41. The van der Waals surface area contributed by atoms with Crippen molar-refractivity contribution in [1.82, 2.24) is 0 Å². The highest BCUT2D eigenvalue weighted by atomic mass is 16.6. The van der Waals surface area contributed by atoms with E-state index in [0.29, 0.717) is 31.3 Å². The number of carbonyl (C=O) groups excluding carboxylic acids is 1. The zero-order valence-electron chi connectivity index (χ0n) is 11.1. The molecule has 1 aromatic rings. The average Bonchev–Trinajstić information content (AvgIpc) is 2.96. The summed E-state index contributed by atoms with van der Waals surface area (Å²) in [5.41, 5.74) is 0.810. The Bertz CT molecular complexity index is 542. The highest BCUT2D eigenvalue weighted by molar-refractivity contribution is 5.80. The SMILES string of the molecule is CCOC(=O)C1N=COC1c1ccc2c(c1)OCCO2. The zero-order chi connectivity index (χ0) is 13.9. The van der Waals surface area contributed by atoms with Gasteiger partial charge in [0.05, 0.1) is 6.61 Å². The summed E-state index contributed by atoms with van der Waals surface area (Å²) in [6, 6.07) is 4.81. The number of rotatable bonds is 3. The minimum atomic E-state index is -0.669. The summed E-state index contributed by atoms with van der Waals surface area (Å²) < 4.78 is 21.4. The summed E-state index contributed by atoms with van der Waals surface area (Å²) in [4.78, 5) is 15.9. The molecule has 0 saturated heterocycles. The third-order valence-electron chi connectivity index (χ3n) is 3.14. The fourth-order valence-electron chi connectivity index (χ4n) is 2.23. The van der Waals surface area contributed by atoms with Crippen LogP contribution in [-0.4, -0.2) is 38.2 Å². The fraction of sp³-hybridized carbons (Fsp3) is 0.429. The molecule has 0 fully saturated rings. The van der Waals surface area contributed by atoms with Crippen molar-refractivity contribution >= 4 is 12.4 Å². The maximum Gasteiger partial charge on any atom is 0.335 e. The van der Waals surface area contributed by atoms with Crippen LogP contribution in [0.15, 0.2) is 23.2 Å². The lowest BCUT2D eigenvalue weighted by Gasteiger charge is -2.21. The van der Waals surface area contributed by atoms with Gasteiger partial charge in [0.1, 0.15) is 13.2 Å². The maximum atomic E-state index is 11.8. The molecule has 0 aromatic heterocycles. The molecule has 6 nitrogen and oxygen atoms in total. The van der Waals surface area contributed by atoms with Gasteiger partial charge < -0.3 is 18.9 Å². The lowest BCUT2D eigenvalue weighted by Crippen LogP contribution is -2.26. The van der Waals surface area contributed by atoms with Crippen LogP contribution in [-0.2, 0) is 14.3 Å². The van der Waals surface area contributed by atoms with E-state index in [9.17, 15) is 4.79 Å². The van der Waals surface area contributed by atoms with Crippen LogP contribution in [0.5, 0.6) is 11.5 Å². The molecule has 1 aromatic carbocycles. The average molecular weight is 277 g/mol. The molecule has 2 aliphatic rings. The molecule has 0 aliphatic carbocycles. The van der Waals surface area contributed by atoms with Crippen molar-refractivity contribution in [2.24, 2.45) is 4.99 Å². The second kappa shape index (κ2) is 5.40. The number of fused-ring (bicyclic) bond motifs is 1. The summed E-state index contributed by atoms with van der Waals surface area (Å²) in [5.74, 6) is 0.972. The first-order valence-corrected chi connectivity index (χ1v) is 6.53. The van der Waals surface area contributed by atoms with Gasteiger partial charge in [-0.15, -0.1) is 0 Å². The normalized spacial score (nSPS) is 23.2. The van der Waals surface area contributed by atoms with Gasteiger partial charge in [-0.2, -0.15) is 0 Å². The summed E-state index contributed by atoms with van der Waals surface area (Å²) in [7, 11) is 0. The smallest absolute Gasteiger partial charge is 0.335 e. The van der Waals surface area contributed by atoms with Gasteiger partial charge in [-0.3, -0.25) is 0 Å². The third-order valence-corrected chi connectivity index (χ3v) is 3.14. The lowest BCUT2D eigenvalue weighted by molar-refractivity contribution is -0.146. The molecule has 6 heteroatoms. The number of carbonyl (C=O) groups is 1. The second-order valence-corrected chi connectivity index (χ2v) is 4.41. The highest BCUT2D eigenvalue weighted by Crippen LogP contribution is 2.36. The number of nitrogens with zero attached hydrogens (tertiary/aromatic N) is 1. The molecule has 2 unspecified atom stereocenters. The van der Waals surface area contributed by atoms with Crippen molar-refractivity contribution in [2.75, 3.05) is 19.8 Å². The van der Waals surface area contributed by atoms with Crippen molar-refractivity contribution in [3.05, 3.63) is 23.8 Å². The summed E-state index contributed by atoms with van der Waals surface area (Å²) >= 11 is 0. The van der Waals surface area contributed by atoms with Crippen LogP contribution in [0, 0.1) is 0 Å². The molecule has 0 bridgehead atoms. The minimum Gasteiger partial charge on any atom is -0.486 e. The molecule has 2 heterocycles. The number of hydrogen-bond acceptors (Lipinski definition) is 6. The third kappa shape index (κ3) is 2.29. The lowest BCUT2D eigenvalue weighted by atomic mass is 10.0. The van der Waals surface area contributed by atoms with Gasteiger partial charge in [0, 0.05) is 0 Å². The van der Waals surface area contributed by atoms with E-state index < -0.39 is 12.1 Å². The van der Waals surface area contributed by atoms with Crippen LogP contribution < -0.4 is 9.47 Å². The van der Waals surface area contributed by atoms with E-state index in [2.05, 4.69) is 4.99 Å². The quantitative estimate of drug-likeness (QED) is 0.783. The summed E-state index contributed by atoms with van der Waals surface area (Å²) in [5, 5.41) is 0. The first-order valence-electron chi connectivity index (χ1n) is 6.53. The Hall–Kier alpha value is -2.24. The Balaban J connectivity index is 1.83. The monoisotopic (exact) mass is 277 g/mol. The van der Waals surface area contributed by atoms with E-state index >= 15 is 0 Å². The predicted octanol–water partition coefficient (Wildman–Crippen LogP) is 1.49. The van der Waals surface area contributed by atoms with E-state index in [0.717, 1.165) is 5.56 Å². The van der Waals surface area contributed by atoms with Crippen LogP contribution >= 0.6 is 0 Å².